The Labute approximate surface area is 148 Å². The zero-order valence-electron chi connectivity index (χ0n) is 14.7. The third kappa shape index (κ3) is 4.89. The van der Waals surface area contributed by atoms with Crippen molar-refractivity contribution in [3.05, 3.63) is 59.9 Å². The number of likely N-dealkylation sites (tertiary alicyclic amines) is 1. The lowest BCUT2D eigenvalue weighted by atomic mass is 9.95. The summed E-state index contributed by atoms with van der Waals surface area (Å²) in [6, 6.07) is 13.8. The fourth-order valence-corrected chi connectivity index (χ4v) is 3.46. The second-order valence-electron chi connectivity index (χ2n) is 6.90. The molecule has 0 bridgehead atoms. The SMILES string of the molecule is CN1CCCC(CCNC(=O)c2ccc(-c3ccc(F)cc3)cc2)C1. The quantitative estimate of drug-likeness (QED) is 0.894. The lowest BCUT2D eigenvalue weighted by Crippen LogP contribution is -2.34. The van der Waals surface area contributed by atoms with Gasteiger partial charge in [0.1, 0.15) is 5.82 Å². The van der Waals surface area contributed by atoms with E-state index in [2.05, 4.69) is 17.3 Å². The van der Waals surface area contributed by atoms with Crippen LogP contribution in [0.1, 0.15) is 29.6 Å². The third-order valence-electron chi connectivity index (χ3n) is 4.88. The van der Waals surface area contributed by atoms with Crippen LogP contribution >= 0.6 is 0 Å². The number of amides is 1. The summed E-state index contributed by atoms with van der Waals surface area (Å²) in [7, 11) is 2.16. The van der Waals surface area contributed by atoms with Crippen LogP contribution in [0.3, 0.4) is 0 Å². The minimum absolute atomic E-state index is 0.0326. The molecule has 0 saturated carbocycles. The third-order valence-corrected chi connectivity index (χ3v) is 4.88. The van der Waals surface area contributed by atoms with E-state index in [-0.39, 0.29) is 11.7 Å². The van der Waals surface area contributed by atoms with E-state index >= 15 is 0 Å². The van der Waals surface area contributed by atoms with Crippen molar-refractivity contribution in [3.8, 4) is 11.1 Å². The molecule has 2 aromatic carbocycles. The summed E-state index contributed by atoms with van der Waals surface area (Å²) in [6.07, 6.45) is 3.54. The second-order valence-corrected chi connectivity index (χ2v) is 6.90. The summed E-state index contributed by atoms with van der Waals surface area (Å²) < 4.78 is 13.0. The number of nitrogens with one attached hydrogen (secondary N) is 1. The van der Waals surface area contributed by atoms with Crippen molar-refractivity contribution in [2.24, 2.45) is 5.92 Å². The lowest BCUT2D eigenvalue weighted by Gasteiger charge is -2.29. The number of carbonyl (C=O) groups excluding carboxylic acids is 1. The van der Waals surface area contributed by atoms with Gasteiger partial charge in [-0.15, -0.1) is 0 Å². The number of carbonyl (C=O) groups is 1. The average Bonchev–Trinajstić information content (AvgIpc) is 2.62. The van der Waals surface area contributed by atoms with E-state index in [0.29, 0.717) is 11.5 Å². The molecule has 1 aliphatic heterocycles. The van der Waals surface area contributed by atoms with Crippen molar-refractivity contribution >= 4 is 5.91 Å². The van der Waals surface area contributed by atoms with Gasteiger partial charge < -0.3 is 10.2 Å². The van der Waals surface area contributed by atoms with E-state index in [9.17, 15) is 9.18 Å². The molecule has 1 unspecified atom stereocenters. The Kier molecular flexibility index (Phi) is 5.82. The van der Waals surface area contributed by atoms with Crippen LogP contribution in [0.4, 0.5) is 4.39 Å². The molecular formula is C21H25FN2O. The maximum atomic E-state index is 13.0. The first-order chi connectivity index (χ1) is 12.1. The molecular weight excluding hydrogens is 315 g/mol. The summed E-state index contributed by atoms with van der Waals surface area (Å²) in [5.41, 5.74) is 2.57. The zero-order valence-corrected chi connectivity index (χ0v) is 14.7. The molecule has 132 valence electrons. The standard InChI is InChI=1S/C21H25FN2O/c1-24-14-2-3-16(15-24)12-13-23-21(25)19-6-4-17(5-7-19)18-8-10-20(22)11-9-18/h4-11,16H,2-3,12-15H2,1H3,(H,23,25). The predicted molar refractivity (Wildman–Crippen MR) is 99.0 cm³/mol. The predicted octanol–water partition coefficient (Wildman–Crippen LogP) is 3.95. The zero-order chi connectivity index (χ0) is 17.6. The molecule has 1 amide bonds. The maximum Gasteiger partial charge on any atom is 0.251 e. The average molecular weight is 340 g/mol. The molecule has 0 radical (unpaired) electrons. The van der Waals surface area contributed by atoms with E-state index < -0.39 is 0 Å². The number of halogens is 1. The number of hydrogen-bond acceptors (Lipinski definition) is 2. The van der Waals surface area contributed by atoms with Gasteiger partial charge in [-0.25, -0.2) is 4.39 Å². The molecule has 0 aliphatic carbocycles. The summed E-state index contributed by atoms with van der Waals surface area (Å²) >= 11 is 0. The van der Waals surface area contributed by atoms with Gasteiger partial charge in [-0.2, -0.15) is 0 Å². The highest BCUT2D eigenvalue weighted by Crippen LogP contribution is 2.20. The Bertz CT molecular complexity index is 697. The Morgan fingerprint density at radius 2 is 1.76 bits per heavy atom. The number of piperidine rings is 1. The minimum Gasteiger partial charge on any atom is -0.352 e. The first-order valence-corrected chi connectivity index (χ1v) is 8.94. The molecule has 1 heterocycles. The van der Waals surface area contributed by atoms with E-state index in [0.717, 1.165) is 30.6 Å². The van der Waals surface area contributed by atoms with E-state index in [1.165, 1.54) is 31.5 Å². The fraction of sp³-hybridized carbons (Fsp3) is 0.381. The molecule has 2 aromatic rings. The van der Waals surface area contributed by atoms with Crippen LogP contribution in [0, 0.1) is 11.7 Å². The number of benzene rings is 2. The Balaban J connectivity index is 1.51. The maximum absolute atomic E-state index is 13.0. The van der Waals surface area contributed by atoms with Crippen molar-refractivity contribution < 1.29 is 9.18 Å². The van der Waals surface area contributed by atoms with E-state index in [1.807, 2.05) is 24.3 Å². The molecule has 1 saturated heterocycles. The summed E-state index contributed by atoms with van der Waals surface area (Å²) in [4.78, 5) is 14.6. The highest BCUT2D eigenvalue weighted by molar-refractivity contribution is 5.94. The molecule has 4 heteroatoms. The summed E-state index contributed by atoms with van der Waals surface area (Å²) in [6.45, 7) is 3.03. The topological polar surface area (TPSA) is 32.3 Å². The molecule has 1 fully saturated rings. The van der Waals surface area contributed by atoms with Gasteiger partial charge in [0.05, 0.1) is 0 Å². The molecule has 1 N–H and O–H groups in total. The molecule has 1 aliphatic rings. The van der Waals surface area contributed by atoms with Crippen LogP contribution in [-0.2, 0) is 0 Å². The van der Waals surface area contributed by atoms with Gasteiger partial charge in [-0.3, -0.25) is 4.79 Å². The lowest BCUT2D eigenvalue weighted by molar-refractivity contribution is 0.0948. The first kappa shape index (κ1) is 17.6. The van der Waals surface area contributed by atoms with Crippen molar-refractivity contribution in [1.29, 1.82) is 0 Å². The summed E-state index contributed by atoms with van der Waals surface area (Å²) in [5, 5.41) is 3.02. The molecule has 25 heavy (non-hydrogen) atoms. The number of hydrogen-bond donors (Lipinski definition) is 1. The normalized spacial score (nSPS) is 18.1. The van der Waals surface area contributed by atoms with Crippen LogP contribution in [0.2, 0.25) is 0 Å². The second kappa shape index (κ2) is 8.26. The van der Waals surface area contributed by atoms with Crippen molar-refractivity contribution in [2.75, 3.05) is 26.7 Å². The van der Waals surface area contributed by atoms with E-state index in [1.54, 1.807) is 12.1 Å². The van der Waals surface area contributed by atoms with Crippen LogP contribution < -0.4 is 5.32 Å². The molecule has 0 aromatic heterocycles. The fourth-order valence-electron chi connectivity index (χ4n) is 3.46. The van der Waals surface area contributed by atoms with Crippen LogP contribution in [-0.4, -0.2) is 37.5 Å². The molecule has 3 nitrogen and oxygen atoms in total. The molecule has 0 spiro atoms. The van der Waals surface area contributed by atoms with Gasteiger partial charge in [0.25, 0.3) is 5.91 Å². The highest BCUT2D eigenvalue weighted by Gasteiger charge is 2.17. The van der Waals surface area contributed by atoms with Gasteiger partial charge in [0.15, 0.2) is 0 Å². The van der Waals surface area contributed by atoms with Crippen molar-refractivity contribution in [3.63, 3.8) is 0 Å². The monoisotopic (exact) mass is 340 g/mol. The highest BCUT2D eigenvalue weighted by atomic mass is 19.1. The van der Waals surface area contributed by atoms with Crippen LogP contribution in [0.25, 0.3) is 11.1 Å². The summed E-state index contributed by atoms with van der Waals surface area (Å²) in [5.74, 6) is 0.402. The minimum atomic E-state index is -0.246. The Hall–Kier alpha value is -2.20. The Morgan fingerprint density at radius 1 is 1.12 bits per heavy atom. The van der Waals surface area contributed by atoms with Gasteiger partial charge in [-0.1, -0.05) is 24.3 Å². The van der Waals surface area contributed by atoms with Gasteiger partial charge >= 0.3 is 0 Å². The molecule has 1 atom stereocenters. The van der Waals surface area contributed by atoms with Crippen LogP contribution in [0.5, 0.6) is 0 Å². The molecule has 3 rings (SSSR count). The van der Waals surface area contributed by atoms with E-state index in [4.69, 9.17) is 0 Å². The number of rotatable bonds is 5. The largest absolute Gasteiger partial charge is 0.352 e. The van der Waals surface area contributed by atoms with Crippen molar-refractivity contribution in [2.45, 2.75) is 19.3 Å². The first-order valence-electron chi connectivity index (χ1n) is 8.94. The van der Waals surface area contributed by atoms with Gasteiger partial charge in [0, 0.05) is 18.7 Å². The van der Waals surface area contributed by atoms with Gasteiger partial charge in [-0.05, 0) is 74.2 Å². The Morgan fingerprint density at radius 3 is 2.40 bits per heavy atom. The van der Waals surface area contributed by atoms with Crippen molar-refractivity contribution in [1.82, 2.24) is 10.2 Å². The van der Waals surface area contributed by atoms with Crippen LogP contribution in [0.15, 0.2) is 48.5 Å². The number of nitrogens with zero attached hydrogens (tertiary/aromatic N) is 1. The van der Waals surface area contributed by atoms with Gasteiger partial charge in [0.2, 0.25) is 0 Å². The smallest absolute Gasteiger partial charge is 0.251 e.